The highest BCUT2D eigenvalue weighted by Gasteiger charge is 2.21. The first kappa shape index (κ1) is 25.0. The maximum absolute atomic E-state index is 13.4. The number of hydrogen-bond acceptors (Lipinski definition) is 7. The van der Waals surface area contributed by atoms with Crippen molar-refractivity contribution >= 4 is 16.8 Å². The molecule has 0 fully saturated rings. The van der Waals surface area contributed by atoms with Gasteiger partial charge in [-0.3, -0.25) is 4.79 Å². The third kappa shape index (κ3) is 5.41. The molecule has 2 aromatic carbocycles. The van der Waals surface area contributed by atoms with E-state index >= 15 is 0 Å². The molecule has 2 heterocycles. The molecule has 188 valence electrons. The summed E-state index contributed by atoms with van der Waals surface area (Å²) in [5.74, 6) is 0.425. The van der Waals surface area contributed by atoms with Crippen LogP contribution in [0.5, 0.6) is 17.6 Å². The number of rotatable bonds is 11. The molecule has 0 radical (unpaired) electrons. The van der Waals surface area contributed by atoms with Crippen LogP contribution in [0.3, 0.4) is 0 Å². The number of aliphatic hydroxyl groups excluding tert-OH is 1. The van der Waals surface area contributed by atoms with Crippen LogP contribution in [-0.4, -0.2) is 59.4 Å². The van der Waals surface area contributed by atoms with E-state index < -0.39 is 6.04 Å². The summed E-state index contributed by atoms with van der Waals surface area (Å²) in [6.45, 7) is 2.25. The van der Waals surface area contributed by atoms with Crippen molar-refractivity contribution in [3.05, 3.63) is 66.0 Å². The number of carbonyl (C=O) groups is 1. The number of ether oxygens (including phenoxy) is 3. The average molecular weight is 491 g/mol. The maximum atomic E-state index is 13.4. The Morgan fingerprint density at radius 2 is 2.00 bits per heavy atom. The second kappa shape index (κ2) is 11.5. The summed E-state index contributed by atoms with van der Waals surface area (Å²) in [5.41, 5.74) is 3.65. The summed E-state index contributed by atoms with van der Waals surface area (Å²) in [6.07, 6.45) is 4.76. The first-order chi connectivity index (χ1) is 17.6. The van der Waals surface area contributed by atoms with Crippen LogP contribution in [0.4, 0.5) is 0 Å². The van der Waals surface area contributed by atoms with E-state index in [9.17, 15) is 9.90 Å². The van der Waals surface area contributed by atoms with Crippen molar-refractivity contribution in [2.45, 2.75) is 25.8 Å². The number of H-pyrrole nitrogens is 1. The normalized spacial score (nSPS) is 11.8. The topological polar surface area (TPSA) is 119 Å². The molecule has 36 heavy (non-hydrogen) atoms. The number of para-hydroxylation sites is 1. The number of aromatic nitrogens is 3. The molecule has 1 amide bonds. The fourth-order valence-corrected chi connectivity index (χ4v) is 4.01. The minimum absolute atomic E-state index is 0.180. The number of methoxy groups -OCH3 is 2. The number of nitrogens with one attached hydrogen (secondary N) is 2. The van der Waals surface area contributed by atoms with Gasteiger partial charge in [-0.05, 0) is 42.2 Å². The Hall–Kier alpha value is -4.11. The van der Waals surface area contributed by atoms with Gasteiger partial charge in [-0.15, -0.1) is 0 Å². The van der Waals surface area contributed by atoms with E-state index in [4.69, 9.17) is 14.2 Å². The Balaban J connectivity index is 1.63. The van der Waals surface area contributed by atoms with Gasteiger partial charge >= 0.3 is 6.01 Å². The highest BCUT2D eigenvalue weighted by molar-refractivity contribution is 5.98. The molecule has 2 aromatic heterocycles. The molecule has 9 nitrogen and oxygen atoms in total. The second-order valence-corrected chi connectivity index (χ2v) is 8.26. The van der Waals surface area contributed by atoms with E-state index in [1.165, 1.54) is 14.2 Å². The number of amides is 1. The minimum atomic E-state index is -0.488. The highest BCUT2D eigenvalue weighted by Crippen LogP contribution is 2.32. The lowest BCUT2D eigenvalue weighted by molar-refractivity contribution is 0.0912. The van der Waals surface area contributed by atoms with Gasteiger partial charge in [0, 0.05) is 23.3 Å². The van der Waals surface area contributed by atoms with Gasteiger partial charge in [-0.25, -0.2) is 4.98 Å². The van der Waals surface area contributed by atoms with Crippen LogP contribution in [0.1, 0.15) is 29.3 Å². The van der Waals surface area contributed by atoms with E-state index in [-0.39, 0.29) is 18.5 Å². The Kier molecular flexibility index (Phi) is 8.02. The molecule has 0 aliphatic rings. The molecule has 4 rings (SSSR count). The lowest BCUT2D eigenvalue weighted by atomic mass is 10.0. The van der Waals surface area contributed by atoms with Gasteiger partial charge < -0.3 is 29.6 Å². The molecule has 9 heteroatoms. The van der Waals surface area contributed by atoms with Crippen molar-refractivity contribution < 1.29 is 24.1 Å². The Labute approximate surface area is 209 Å². The molecular formula is C27H30N4O5. The Bertz CT molecular complexity index is 1340. The predicted octanol–water partition coefficient (Wildman–Crippen LogP) is 3.76. The van der Waals surface area contributed by atoms with E-state index in [0.29, 0.717) is 41.3 Å². The molecule has 0 unspecified atom stereocenters. The fraction of sp³-hybridized carbons (Fsp3) is 0.296. The molecule has 0 aliphatic heterocycles. The zero-order valence-corrected chi connectivity index (χ0v) is 20.6. The van der Waals surface area contributed by atoms with Gasteiger partial charge in [0.25, 0.3) is 5.91 Å². The summed E-state index contributed by atoms with van der Waals surface area (Å²) < 4.78 is 16.4. The molecule has 4 aromatic rings. The molecule has 0 aliphatic carbocycles. The van der Waals surface area contributed by atoms with Crippen LogP contribution in [0.2, 0.25) is 0 Å². The number of hydrogen-bond donors (Lipinski definition) is 3. The van der Waals surface area contributed by atoms with Crippen LogP contribution in [0.15, 0.2) is 54.9 Å². The summed E-state index contributed by atoms with van der Waals surface area (Å²) >= 11 is 0. The number of nitrogens with zero attached hydrogens (tertiary/aromatic N) is 2. The Morgan fingerprint density at radius 1 is 1.17 bits per heavy atom. The van der Waals surface area contributed by atoms with Gasteiger partial charge in [0.15, 0.2) is 0 Å². The zero-order chi connectivity index (χ0) is 25.5. The monoisotopic (exact) mass is 490 g/mol. The standard InChI is InChI=1S/C27H30N4O5/c1-4-11-36-24-10-9-17(22-15-29-27(35-3)31-26(22)34-2)13-21(24)25(33)30-19(16-32)12-18-14-28-23-8-6-5-7-20(18)23/h5-10,13-15,19,28,32H,4,11-12,16H2,1-3H3,(H,30,33)/t19-/m1/s1. The number of carbonyl (C=O) groups excluding carboxylic acids is 1. The third-order valence-electron chi connectivity index (χ3n) is 5.80. The van der Waals surface area contributed by atoms with Crippen LogP contribution >= 0.6 is 0 Å². The molecule has 0 spiro atoms. The summed E-state index contributed by atoms with van der Waals surface area (Å²) in [5, 5.41) is 14.1. The van der Waals surface area contributed by atoms with Gasteiger partial charge in [0.05, 0.1) is 44.6 Å². The Morgan fingerprint density at radius 3 is 2.75 bits per heavy atom. The molecule has 1 atom stereocenters. The molecular weight excluding hydrogens is 460 g/mol. The number of aromatic amines is 1. The second-order valence-electron chi connectivity index (χ2n) is 8.26. The van der Waals surface area contributed by atoms with Crippen molar-refractivity contribution in [3.63, 3.8) is 0 Å². The molecule has 0 saturated carbocycles. The lowest BCUT2D eigenvalue weighted by Gasteiger charge is -2.18. The summed E-state index contributed by atoms with van der Waals surface area (Å²) in [7, 11) is 2.98. The van der Waals surface area contributed by atoms with Crippen molar-refractivity contribution in [1.29, 1.82) is 0 Å². The number of fused-ring (bicyclic) bond motifs is 1. The first-order valence-corrected chi connectivity index (χ1v) is 11.8. The van der Waals surface area contributed by atoms with E-state index in [2.05, 4.69) is 20.3 Å². The van der Waals surface area contributed by atoms with Crippen LogP contribution in [0, 0.1) is 0 Å². The third-order valence-corrected chi connectivity index (χ3v) is 5.80. The summed E-state index contributed by atoms with van der Waals surface area (Å²) in [4.78, 5) is 25.1. The van der Waals surface area contributed by atoms with Crippen LogP contribution in [-0.2, 0) is 6.42 Å². The van der Waals surface area contributed by atoms with Gasteiger partial charge in [-0.1, -0.05) is 31.2 Å². The smallest absolute Gasteiger partial charge is 0.319 e. The molecule has 0 bridgehead atoms. The van der Waals surface area contributed by atoms with Gasteiger partial charge in [-0.2, -0.15) is 4.98 Å². The maximum Gasteiger partial charge on any atom is 0.319 e. The highest BCUT2D eigenvalue weighted by atomic mass is 16.5. The SMILES string of the molecule is CCCOc1ccc(-c2cnc(OC)nc2OC)cc1C(=O)N[C@@H](CO)Cc1c[nH]c2ccccc12. The minimum Gasteiger partial charge on any atom is -0.493 e. The largest absolute Gasteiger partial charge is 0.493 e. The quantitative estimate of drug-likeness (QED) is 0.293. The van der Waals surface area contributed by atoms with Crippen molar-refractivity contribution in [2.24, 2.45) is 0 Å². The van der Waals surface area contributed by atoms with E-state index in [1.807, 2.05) is 43.5 Å². The number of benzene rings is 2. The average Bonchev–Trinajstić information content (AvgIpc) is 3.33. The van der Waals surface area contributed by atoms with Crippen LogP contribution in [0.25, 0.3) is 22.0 Å². The lowest BCUT2D eigenvalue weighted by Crippen LogP contribution is -2.39. The predicted molar refractivity (Wildman–Crippen MR) is 137 cm³/mol. The fourth-order valence-electron chi connectivity index (χ4n) is 4.01. The van der Waals surface area contributed by atoms with Gasteiger partial charge in [0.1, 0.15) is 5.75 Å². The summed E-state index contributed by atoms with van der Waals surface area (Å²) in [6, 6.07) is 12.9. The first-order valence-electron chi connectivity index (χ1n) is 11.8. The van der Waals surface area contributed by atoms with Crippen molar-refractivity contribution in [3.8, 4) is 28.8 Å². The van der Waals surface area contributed by atoms with Crippen molar-refractivity contribution in [2.75, 3.05) is 27.4 Å². The molecule has 0 saturated heterocycles. The zero-order valence-electron chi connectivity index (χ0n) is 20.6. The molecule has 3 N–H and O–H groups in total. The number of aliphatic hydroxyl groups is 1. The van der Waals surface area contributed by atoms with E-state index in [1.54, 1.807) is 18.3 Å². The van der Waals surface area contributed by atoms with Crippen LogP contribution < -0.4 is 19.5 Å². The van der Waals surface area contributed by atoms with Gasteiger partial charge in [0.2, 0.25) is 5.88 Å². The van der Waals surface area contributed by atoms with E-state index in [0.717, 1.165) is 22.9 Å². The van der Waals surface area contributed by atoms with Crippen molar-refractivity contribution in [1.82, 2.24) is 20.3 Å².